The van der Waals surface area contributed by atoms with Crippen LogP contribution in [0.5, 0.6) is 0 Å². The predicted octanol–water partition coefficient (Wildman–Crippen LogP) is 6.47. The third-order valence-electron chi connectivity index (χ3n) is 6.51. The third-order valence-corrected chi connectivity index (χ3v) is 6.51. The first-order chi connectivity index (χ1) is 15.8. The summed E-state index contributed by atoms with van der Waals surface area (Å²) in [5.41, 5.74) is 7.36. The van der Waals surface area contributed by atoms with Crippen LogP contribution < -0.4 is 0 Å². The highest BCUT2D eigenvalue weighted by molar-refractivity contribution is 6.35. The Kier molecular flexibility index (Phi) is 4.26. The molecule has 2 heteroatoms. The van der Waals surface area contributed by atoms with Crippen molar-refractivity contribution in [2.45, 2.75) is 12.0 Å². The van der Waals surface area contributed by atoms with Crippen molar-refractivity contribution in [2.75, 3.05) is 0 Å². The zero-order valence-electron chi connectivity index (χ0n) is 17.5. The molecule has 0 amide bonds. The highest BCUT2D eigenvalue weighted by atomic mass is 16.1. The lowest BCUT2D eigenvalue weighted by atomic mass is 9.68. The average Bonchev–Trinajstić information content (AvgIpc) is 3.22. The quantitative estimate of drug-likeness (QED) is 0.380. The number of hydrogen-bond acceptors (Lipinski definition) is 2. The zero-order valence-corrected chi connectivity index (χ0v) is 17.5. The van der Waals surface area contributed by atoms with Crippen molar-refractivity contribution in [1.29, 1.82) is 0 Å². The highest BCUT2D eigenvalue weighted by Crippen LogP contribution is 2.54. The number of hydrogen-bond donors (Lipinski definition) is 0. The van der Waals surface area contributed by atoms with E-state index in [0.29, 0.717) is 6.42 Å². The van der Waals surface area contributed by atoms with Gasteiger partial charge in [-0.05, 0) is 22.3 Å². The summed E-state index contributed by atoms with van der Waals surface area (Å²) in [6.07, 6.45) is 0.357. The standard InChI is InChI=1S/C30H21NO/c32-27-20-26-28(21-12-4-1-5-13-21)29(22-14-6-2-7-15-22)31-30(26,23-16-8-3-9-17-23)25-19-11-10-18-24(25)27/h1-19H,20H2. The summed E-state index contributed by atoms with van der Waals surface area (Å²) in [6.45, 7) is 0. The van der Waals surface area contributed by atoms with Gasteiger partial charge in [0.1, 0.15) is 5.54 Å². The summed E-state index contributed by atoms with van der Waals surface area (Å²) in [5.74, 6) is 0.153. The Hall–Kier alpha value is -4.04. The third kappa shape index (κ3) is 2.66. The van der Waals surface area contributed by atoms with E-state index < -0.39 is 5.54 Å². The molecule has 0 aromatic heterocycles. The van der Waals surface area contributed by atoms with E-state index in [1.807, 2.05) is 60.7 Å². The molecule has 1 aliphatic heterocycles. The smallest absolute Gasteiger partial charge is 0.167 e. The van der Waals surface area contributed by atoms with Gasteiger partial charge in [-0.25, -0.2) is 0 Å². The Morgan fingerprint density at radius 1 is 0.625 bits per heavy atom. The van der Waals surface area contributed by atoms with Crippen molar-refractivity contribution in [1.82, 2.24) is 0 Å². The normalized spacial score (nSPS) is 19.4. The molecule has 0 saturated carbocycles. The first-order valence-corrected chi connectivity index (χ1v) is 10.9. The number of aliphatic imine (C=N–C) groups is 1. The lowest BCUT2D eigenvalue weighted by Crippen LogP contribution is -2.34. The molecule has 32 heavy (non-hydrogen) atoms. The van der Waals surface area contributed by atoms with Crippen LogP contribution >= 0.6 is 0 Å². The highest BCUT2D eigenvalue weighted by Gasteiger charge is 2.50. The van der Waals surface area contributed by atoms with Crippen molar-refractivity contribution in [3.05, 3.63) is 149 Å². The molecule has 1 atom stereocenters. The van der Waals surface area contributed by atoms with Crippen molar-refractivity contribution >= 4 is 17.1 Å². The van der Waals surface area contributed by atoms with E-state index in [1.54, 1.807) is 0 Å². The Morgan fingerprint density at radius 2 is 1.19 bits per heavy atom. The fourth-order valence-corrected chi connectivity index (χ4v) is 5.15. The largest absolute Gasteiger partial charge is 0.294 e. The molecule has 4 aromatic carbocycles. The van der Waals surface area contributed by atoms with Gasteiger partial charge in [0.05, 0.1) is 5.71 Å². The number of rotatable bonds is 3. The number of benzene rings is 4. The molecular formula is C30H21NO. The molecule has 1 aliphatic carbocycles. The van der Waals surface area contributed by atoms with E-state index in [2.05, 4.69) is 54.6 Å². The van der Waals surface area contributed by atoms with E-state index in [9.17, 15) is 4.79 Å². The maximum atomic E-state index is 13.3. The molecule has 1 heterocycles. The van der Waals surface area contributed by atoms with Gasteiger partial charge in [-0.1, -0.05) is 115 Å². The van der Waals surface area contributed by atoms with Gasteiger partial charge in [0, 0.05) is 23.1 Å². The van der Waals surface area contributed by atoms with Gasteiger partial charge >= 0.3 is 0 Å². The van der Waals surface area contributed by atoms with E-state index in [4.69, 9.17) is 4.99 Å². The maximum absolute atomic E-state index is 13.3. The zero-order chi connectivity index (χ0) is 21.5. The van der Waals surface area contributed by atoms with Crippen LogP contribution in [0.1, 0.15) is 39.0 Å². The predicted molar refractivity (Wildman–Crippen MR) is 129 cm³/mol. The summed E-state index contributed by atoms with van der Waals surface area (Å²) in [7, 11) is 0. The van der Waals surface area contributed by atoms with Gasteiger partial charge < -0.3 is 0 Å². The molecule has 2 aliphatic rings. The lowest BCUT2D eigenvalue weighted by Gasteiger charge is -2.36. The Morgan fingerprint density at radius 3 is 1.88 bits per heavy atom. The summed E-state index contributed by atoms with van der Waals surface area (Å²) in [5, 5.41) is 0. The van der Waals surface area contributed by atoms with E-state index in [1.165, 1.54) is 0 Å². The monoisotopic (exact) mass is 411 g/mol. The number of allylic oxidation sites excluding steroid dienone is 1. The van der Waals surface area contributed by atoms with Crippen LogP contribution in [0.3, 0.4) is 0 Å². The maximum Gasteiger partial charge on any atom is 0.167 e. The van der Waals surface area contributed by atoms with Crippen LogP contribution in [-0.2, 0) is 5.54 Å². The Bertz CT molecular complexity index is 1380. The number of fused-ring (bicyclic) bond motifs is 3. The second-order valence-electron chi connectivity index (χ2n) is 8.27. The fraction of sp³-hybridized carbons (Fsp3) is 0.0667. The molecule has 0 saturated heterocycles. The van der Waals surface area contributed by atoms with E-state index in [-0.39, 0.29) is 5.78 Å². The first-order valence-electron chi connectivity index (χ1n) is 10.9. The number of carbonyl (C=O) groups is 1. The number of ketones is 1. The Labute approximate surface area is 187 Å². The summed E-state index contributed by atoms with van der Waals surface area (Å²) < 4.78 is 0. The summed E-state index contributed by atoms with van der Waals surface area (Å²) in [4.78, 5) is 18.8. The minimum absolute atomic E-state index is 0.153. The molecule has 0 fully saturated rings. The van der Waals surface area contributed by atoms with Crippen molar-refractivity contribution < 1.29 is 4.79 Å². The van der Waals surface area contributed by atoms with Crippen LogP contribution in [-0.4, -0.2) is 11.5 Å². The van der Waals surface area contributed by atoms with Crippen molar-refractivity contribution in [2.24, 2.45) is 4.99 Å². The molecule has 6 rings (SSSR count). The molecule has 2 nitrogen and oxygen atoms in total. The Balaban J connectivity index is 1.77. The van der Waals surface area contributed by atoms with Crippen LogP contribution in [0.4, 0.5) is 0 Å². The van der Waals surface area contributed by atoms with Gasteiger partial charge in [0.25, 0.3) is 0 Å². The molecule has 0 radical (unpaired) electrons. The molecule has 152 valence electrons. The SMILES string of the molecule is O=C1CC2=C(c3ccccc3)C(c3ccccc3)=NC2(c2ccccc2)c2ccccc21. The second-order valence-corrected chi connectivity index (χ2v) is 8.27. The molecule has 0 bridgehead atoms. The topological polar surface area (TPSA) is 29.4 Å². The van der Waals surface area contributed by atoms with Gasteiger partial charge in [0.15, 0.2) is 5.78 Å². The molecule has 0 N–H and O–H groups in total. The minimum atomic E-state index is -0.706. The second kappa shape index (κ2) is 7.28. The lowest BCUT2D eigenvalue weighted by molar-refractivity contribution is 0.0981. The number of nitrogens with zero attached hydrogens (tertiary/aromatic N) is 1. The van der Waals surface area contributed by atoms with Crippen molar-refractivity contribution in [3.63, 3.8) is 0 Å². The van der Waals surface area contributed by atoms with Crippen LogP contribution in [0.15, 0.2) is 126 Å². The fourth-order valence-electron chi connectivity index (χ4n) is 5.15. The molecule has 0 spiro atoms. The molecular weight excluding hydrogens is 390 g/mol. The van der Waals surface area contributed by atoms with Gasteiger partial charge in [-0.15, -0.1) is 0 Å². The number of Topliss-reactive ketones (excluding diaryl/α,β-unsaturated/α-hetero) is 1. The van der Waals surface area contributed by atoms with Crippen LogP contribution in [0, 0.1) is 0 Å². The van der Waals surface area contributed by atoms with Gasteiger partial charge in [-0.2, -0.15) is 0 Å². The first kappa shape index (κ1) is 18.7. The van der Waals surface area contributed by atoms with E-state index in [0.717, 1.165) is 44.7 Å². The average molecular weight is 412 g/mol. The summed E-state index contributed by atoms with van der Waals surface area (Å²) >= 11 is 0. The van der Waals surface area contributed by atoms with Crippen LogP contribution in [0.2, 0.25) is 0 Å². The van der Waals surface area contributed by atoms with Crippen LogP contribution in [0.25, 0.3) is 5.57 Å². The minimum Gasteiger partial charge on any atom is -0.294 e. The molecule has 1 unspecified atom stereocenters. The number of carbonyl (C=O) groups excluding carboxylic acids is 1. The van der Waals surface area contributed by atoms with Gasteiger partial charge in [-0.3, -0.25) is 9.79 Å². The van der Waals surface area contributed by atoms with E-state index >= 15 is 0 Å². The van der Waals surface area contributed by atoms with Gasteiger partial charge in [0.2, 0.25) is 0 Å². The van der Waals surface area contributed by atoms with Crippen molar-refractivity contribution in [3.8, 4) is 0 Å². The summed E-state index contributed by atoms with van der Waals surface area (Å²) in [6, 6.07) is 39.0. The molecule has 4 aromatic rings.